The molecule has 0 aliphatic rings. The van der Waals surface area contributed by atoms with Crippen molar-refractivity contribution in [3.8, 4) is 5.69 Å². The van der Waals surface area contributed by atoms with E-state index in [4.69, 9.17) is 0 Å². The number of amides is 1. The second kappa shape index (κ2) is 8.01. The van der Waals surface area contributed by atoms with Crippen LogP contribution in [0.4, 0.5) is 23.2 Å². The minimum atomic E-state index is -4.49. The van der Waals surface area contributed by atoms with Crippen LogP contribution in [0.3, 0.4) is 0 Å². The van der Waals surface area contributed by atoms with Crippen LogP contribution in [0.1, 0.15) is 11.4 Å². The minimum Gasteiger partial charge on any atom is -0.325 e. The molecule has 0 radical (unpaired) electrons. The number of nitrogens with zero attached hydrogens (tertiary/aromatic N) is 3. The Morgan fingerprint density at radius 3 is 2.54 bits per heavy atom. The van der Waals surface area contributed by atoms with Crippen LogP contribution in [0, 0.1) is 12.7 Å². The lowest BCUT2D eigenvalue weighted by Gasteiger charge is -2.10. The average Bonchev–Trinajstić information content (AvgIpc) is 3.01. The second-order valence-electron chi connectivity index (χ2n) is 5.76. The summed E-state index contributed by atoms with van der Waals surface area (Å²) in [5, 5.41) is 10.8. The van der Waals surface area contributed by atoms with Gasteiger partial charge in [0.05, 0.1) is 11.3 Å². The quantitative estimate of drug-likeness (QED) is 0.498. The topological polar surface area (TPSA) is 59.8 Å². The number of thioether (sulfide) groups is 1. The molecule has 0 unspecified atom stereocenters. The molecule has 3 rings (SSSR count). The Kier molecular flexibility index (Phi) is 5.68. The van der Waals surface area contributed by atoms with Crippen molar-refractivity contribution < 1.29 is 22.4 Å². The summed E-state index contributed by atoms with van der Waals surface area (Å²) in [5.41, 5.74) is -0.161. The molecule has 1 amide bonds. The summed E-state index contributed by atoms with van der Waals surface area (Å²) in [4.78, 5) is 12.1. The maximum Gasteiger partial charge on any atom is 0.416 e. The highest BCUT2D eigenvalue weighted by Gasteiger charge is 2.30. The molecule has 0 spiro atoms. The van der Waals surface area contributed by atoms with Gasteiger partial charge < -0.3 is 5.32 Å². The van der Waals surface area contributed by atoms with Crippen molar-refractivity contribution >= 4 is 23.4 Å². The molecule has 0 saturated heterocycles. The van der Waals surface area contributed by atoms with Gasteiger partial charge in [0.25, 0.3) is 0 Å². The zero-order valence-electron chi connectivity index (χ0n) is 14.5. The third-order valence-corrected chi connectivity index (χ3v) is 4.61. The molecule has 1 aromatic heterocycles. The van der Waals surface area contributed by atoms with E-state index >= 15 is 0 Å². The van der Waals surface area contributed by atoms with Crippen LogP contribution < -0.4 is 5.32 Å². The lowest BCUT2D eigenvalue weighted by molar-refractivity contribution is -0.137. The molecular weight excluding hydrogens is 396 g/mol. The van der Waals surface area contributed by atoms with E-state index in [1.54, 1.807) is 23.6 Å². The molecule has 0 aliphatic carbocycles. The molecule has 1 N–H and O–H groups in total. The summed E-state index contributed by atoms with van der Waals surface area (Å²) in [5.74, 6) is -0.414. The summed E-state index contributed by atoms with van der Waals surface area (Å²) in [6.45, 7) is 1.71. The molecule has 3 aromatic rings. The normalized spacial score (nSPS) is 11.5. The van der Waals surface area contributed by atoms with Gasteiger partial charge in [-0.1, -0.05) is 17.8 Å². The van der Waals surface area contributed by atoms with Crippen LogP contribution >= 0.6 is 11.8 Å². The second-order valence-corrected chi connectivity index (χ2v) is 6.70. The van der Waals surface area contributed by atoms with Crippen LogP contribution in [-0.2, 0) is 11.0 Å². The predicted molar refractivity (Wildman–Crippen MR) is 96.9 cm³/mol. The van der Waals surface area contributed by atoms with Gasteiger partial charge in [-0.15, -0.1) is 10.2 Å². The SMILES string of the molecule is Cc1nnc(SCC(=O)Nc2cccc(C(F)(F)F)c2)n1-c1ccc(F)cc1. The summed E-state index contributed by atoms with van der Waals surface area (Å²) < 4.78 is 53.0. The highest BCUT2D eigenvalue weighted by Crippen LogP contribution is 2.30. The van der Waals surface area contributed by atoms with E-state index in [1.807, 2.05) is 0 Å². The number of hydrogen-bond donors (Lipinski definition) is 1. The Morgan fingerprint density at radius 1 is 1.14 bits per heavy atom. The summed E-state index contributed by atoms with van der Waals surface area (Å²) in [6, 6.07) is 10.1. The van der Waals surface area contributed by atoms with Crippen LogP contribution in [-0.4, -0.2) is 26.4 Å². The van der Waals surface area contributed by atoms with E-state index in [0.29, 0.717) is 16.7 Å². The smallest absolute Gasteiger partial charge is 0.325 e. The van der Waals surface area contributed by atoms with Gasteiger partial charge in [-0.05, 0) is 49.4 Å². The maximum absolute atomic E-state index is 13.1. The van der Waals surface area contributed by atoms with Crippen molar-refractivity contribution in [3.63, 3.8) is 0 Å². The summed E-state index contributed by atoms with van der Waals surface area (Å²) in [6.07, 6.45) is -4.49. The molecule has 5 nitrogen and oxygen atoms in total. The van der Waals surface area contributed by atoms with E-state index in [-0.39, 0.29) is 17.3 Å². The molecular formula is C18H14F4N4OS. The van der Waals surface area contributed by atoms with Crippen molar-refractivity contribution in [1.82, 2.24) is 14.8 Å². The number of alkyl halides is 3. The van der Waals surface area contributed by atoms with Gasteiger partial charge >= 0.3 is 6.18 Å². The first kappa shape index (κ1) is 19.9. The molecule has 1 heterocycles. The van der Waals surface area contributed by atoms with Crippen molar-refractivity contribution in [2.24, 2.45) is 0 Å². The van der Waals surface area contributed by atoms with Crippen LogP contribution in [0.25, 0.3) is 5.69 Å². The van der Waals surface area contributed by atoms with Gasteiger partial charge in [-0.2, -0.15) is 13.2 Å². The number of aryl methyl sites for hydroxylation is 1. The van der Waals surface area contributed by atoms with Crippen molar-refractivity contribution in [2.45, 2.75) is 18.3 Å². The Morgan fingerprint density at radius 2 is 1.86 bits per heavy atom. The van der Waals surface area contributed by atoms with E-state index in [0.717, 1.165) is 23.9 Å². The van der Waals surface area contributed by atoms with Crippen molar-refractivity contribution in [3.05, 3.63) is 65.7 Å². The van der Waals surface area contributed by atoms with Gasteiger partial charge in [-0.3, -0.25) is 9.36 Å². The number of benzene rings is 2. The van der Waals surface area contributed by atoms with Crippen LogP contribution in [0.15, 0.2) is 53.7 Å². The number of halogens is 4. The zero-order valence-corrected chi connectivity index (χ0v) is 15.3. The Balaban J connectivity index is 1.68. The largest absolute Gasteiger partial charge is 0.416 e. The molecule has 0 fully saturated rings. The number of aromatic nitrogens is 3. The summed E-state index contributed by atoms with van der Waals surface area (Å²) >= 11 is 1.07. The third kappa shape index (κ3) is 4.69. The first-order chi connectivity index (χ1) is 13.2. The highest BCUT2D eigenvalue weighted by molar-refractivity contribution is 7.99. The molecule has 0 aliphatic heterocycles. The lowest BCUT2D eigenvalue weighted by atomic mass is 10.2. The molecule has 0 bridgehead atoms. The van der Waals surface area contributed by atoms with Gasteiger partial charge in [0.2, 0.25) is 5.91 Å². The van der Waals surface area contributed by atoms with E-state index in [9.17, 15) is 22.4 Å². The number of rotatable bonds is 5. The Hall–Kier alpha value is -2.88. The number of carbonyl (C=O) groups excluding carboxylic acids is 1. The fraction of sp³-hybridized carbons (Fsp3) is 0.167. The number of carbonyl (C=O) groups is 1. The molecule has 146 valence electrons. The molecule has 28 heavy (non-hydrogen) atoms. The van der Waals surface area contributed by atoms with Crippen molar-refractivity contribution in [1.29, 1.82) is 0 Å². The standard InChI is InChI=1S/C18H14F4N4OS/c1-11-24-25-17(26(11)15-7-5-13(19)6-8-15)28-10-16(27)23-14-4-2-3-12(9-14)18(20,21)22/h2-9H,10H2,1H3,(H,23,27). The number of nitrogens with one attached hydrogen (secondary N) is 1. The fourth-order valence-corrected chi connectivity index (χ4v) is 3.22. The Bertz CT molecular complexity index is 986. The predicted octanol–water partition coefficient (Wildman–Crippen LogP) is 4.46. The molecule has 10 heteroatoms. The van der Waals surface area contributed by atoms with Crippen molar-refractivity contribution in [2.75, 3.05) is 11.1 Å². The van der Waals surface area contributed by atoms with Gasteiger partial charge in [0.1, 0.15) is 11.6 Å². The van der Waals surface area contributed by atoms with E-state index < -0.39 is 17.6 Å². The van der Waals surface area contributed by atoms with Crippen LogP contribution in [0.2, 0.25) is 0 Å². The zero-order chi connectivity index (χ0) is 20.3. The summed E-state index contributed by atoms with van der Waals surface area (Å²) in [7, 11) is 0. The van der Waals surface area contributed by atoms with Crippen LogP contribution in [0.5, 0.6) is 0 Å². The highest BCUT2D eigenvalue weighted by atomic mass is 32.2. The van der Waals surface area contributed by atoms with Gasteiger partial charge in [-0.25, -0.2) is 4.39 Å². The fourth-order valence-electron chi connectivity index (χ4n) is 2.42. The van der Waals surface area contributed by atoms with Gasteiger partial charge in [0, 0.05) is 11.4 Å². The first-order valence-corrected chi connectivity index (χ1v) is 9.00. The average molecular weight is 410 g/mol. The lowest BCUT2D eigenvalue weighted by Crippen LogP contribution is -2.15. The minimum absolute atomic E-state index is 0.0524. The third-order valence-electron chi connectivity index (χ3n) is 3.69. The number of anilines is 1. The Labute approximate surface area is 161 Å². The molecule has 2 aromatic carbocycles. The van der Waals surface area contributed by atoms with E-state index in [2.05, 4.69) is 15.5 Å². The number of hydrogen-bond acceptors (Lipinski definition) is 4. The molecule has 0 saturated carbocycles. The maximum atomic E-state index is 13.1. The van der Waals surface area contributed by atoms with Gasteiger partial charge in [0.15, 0.2) is 5.16 Å². The monoisotopic (exact) mass is 410 g/mol. The first-order valence-electron chi connectivity index (χ1n) is 8.02. The molecule has 0 atom stereocenters. The van der Waals surface area contributed by atoms with E-state index in [1.165, 1.54) is 24.3 Å².